The maximum Gasteiger partial charge on any atom is 0.287 e. The molecular formula is C19H23BrN2O2. The van der Waals surface area contributed by atoms with E-state index in [1.165, 1.54) is 43.6 Å². The van der Waals surface area contributed by atoms with Crippen molar-refractivity contribution in [2.45, 2.75) is 32.1 Å². The molecule has 3 rings (SSSR count). The number of carbonyl (C=O) groups excluding carboxylic acids is 1. The third kappa shape index (κ3) is 4.63. The van der Waals surface area contributed by atoms with Crippen LogP contribution in [0.3, 0.4) is 0 Å². The number of hydrogen-bond donors (Lipinski definition) is 1. The van der Waals surface area contributed by atoms with E-state index in [-0.39, 0.29) is 5.91 Å². The van der Waals surface area contributed by atoms with Gasteiger partial charge in [0.15, 0.2) is 10.4 Å². The highest BCUT2D eigenvalue weighted by Gasteiger charge is 2.11. The first-order valence-corrected chi connectivity index (χ1v) is 9.39. The fourth-order valence-electron chi connectivity index (χ4n) is 3.04. The number of nitrogens with one attached hydrogen (secondary N) is 1. The van der Waals surface area contributed by atoms with Gasteiger partial charge in [-0.25, -0.2) is 0 Å². The third-order valence-corrected chi connectivity index (χ3v) is 4.81. The molecule has 0 unspecified atom stereocenters. The summed E-state index contributed by atoms with van der Waals surface area (Å²) in [6.45, 7) is 2.99. The summed E-state index contributed by atoms with van der Waals surface area (Å²) in [4.78, 5) is 14.3. The Hall–Kier alpha value is -1.75. The van der Waals surface area contributed by atoms with E-state index >= 15 is 0 Å². The Bertz CT molecular complexity index is 660. The van der Waals surface area contributed by atoms with Crippen molar-refractivity contribution < 1.29 is 9.21 Å². The Balaban J connectivity index is 1.41. The number of benzene rings is 1. The van der Waals surface area contributed by atoms with Gasteiger partial charge >= 0.3 is 0 Å². The summed E-state index contributed by atoms with van der Waals surface area (Å²) in [5.41, 5.74) is 2.64. The molecule has 4 nitrogen and oxygen atoms in total. The van der Waals surface area contributed by atoms with Gasteiger partial charge in [0.25, 0.3) is 5.91 Å². The van der Waals surface area contributed by atoms with Gasteiger partial charge in [-0.1, -0.05) is 12.1 Å². The summed E-state index contributed by atoms with van der Waals surface area (Å²) >= 11 is 3.20. The first-order valence-electron chi connectivity index (χ1n) is 8.60. The number of halogens is 1. The van der Waals surface area contributed by atoms with Gasteiger partial charge in [0.1, 0.15) is 0 Å². The predicted octanol–water partition coefficient (Wildman–Crippen LogP) is 4.40. The molecule has 0 aliphatic carbocycles. The van der Waals surface area contributed by atoms with E-state index in [1.54, 1.807) is 12.1 Å². The lowest BCUT2D eigenvalue weighted by Crippen LogP contribution is -2.29. The van der Waals surface area contributed by atoms with Gasteiger partial charge in [0.05, 0.1) is 0 Å². The Morgan fingerprint density at radius 1 is 1.08 bits per heavy atom. The number of hydrogen-bond acceptors (Lipinski definition) is 3. The molecule has 128 valence electrons. The molecule has 1 fully saturated rings. The van der Waals surface area contributed by atoms with Crippen LogP contribution in [0.4, 0.5) is 5.69 Å². The maximum absolute atomic E-state index is 11.9. The largest absolute Gasteiger partial charge is 0.444 e. The number of nitrogens with zero attached hydrogens (tertiary/aromatic N) is 1. The van der Waals surface area contributed by atoms with Gasteiger partial charge in [-0.2, -0.15) is 0 Å². The van der Waals surface area contributed by atoms with Crippen LogP contribution in [-0.2, 0) is 6.42 Å². The quantitative estimate of drug-likeness (QED) is 0.743. The smallest absolute Gasteiger partial charge is 0.287 e. The molecule has 1 N–H and O–H groups in total. The second kappa shape index (κ2) is 8.38. The number of amides is 1. The van der Waals surface area contributed by atoms with E-state index in [4.69, 9.17) is 4.42 Å². The zero-order chi connectivity index (χ0) is 16.8. The van der Waals surface area contributed by atoms with Gasteiger partial charge in [0, 0.05) is 25.3 Å². The van der Waals surface area contributed by atoms with Crippen LogP contribution in [0.1, 0.15) is 41.8 Å². The average molecular weight is 391 g/mol. The van der Waals surface area contributed by atoms with Crippen LogP contribution in [0.5, 0.6) is 0 Å². The number of anilines is 1. The number of rotatable bonds is 6. The van der Waals surface area contributed by atoms with Gasteiger partial charge in [-0.3, -0.25) is 4.79 Å². The van der Waals surface area contributed by atoms with E-state index in [0.717, 1.165) is 12.8 Å². The summed E-state index contributed by atoms with van der Waals surface area (Å²) in [7, 11) is 0. The minimum absolute atomic E-state index is 0.166. The lowest BCUT2D eigenvalue weighted by Gasteiger charge is -2.28. The Labute approximate surface area is 151 Å². The normalized spacial score (nSPS) is 14.6. The molecule has 0 spiro atoms. The molecule has 1 aliphatic heterocycles. The zero-order valence-corrected chi connectivity index (χ0v) is 15.3. The highest BCUT2D eigenvalue weighted by atomic mass is 79.9. The molecule has 1 saturated heterocycles. The molecule has 0 saturated carbocycles. The number of carbonyl (C=O) groups is 1. The molecule has 0 bridgehead atoms. The highest BCUT2D eigenvalue weighted by molar-refractivity contribution is 9.10. The SMILES string of the molecule is O=C(NCCCc1ccc(N2CCCCC2)cc1)c1ccc(Br)o1. The third-order valence-electron chi connectivity index (χ3n) is 4.38. The lowest BCUT2D eigenvalue weighted by molar-refractivity contribution is 0.0924. The Kier molecular flexibility index (Phi) is 5.96. The van der Waals surface area contributed by atoms with Crippen molar-refractivity contribution in [3.63, 3.8) is 0 Å². The summed E-state index contributed by atoms with van der Waals surface area (Å²) in [5.74, 6) is 0.175. The first-order chi connectivity index (χ1) is 11.7. The molecule has 2 aromatic rings. The second-order valence-corrected chi connectivity index (χ2v) is 6.96. The topological polar surface area (TPSA) is 45.5 Å². The first kappa shape index (κ1) is 17.1. The molecular weight excluding hydrogens is 368 g/mol. The Morgan fingerprint density at radius 2 is 1.83 bits per heavy atom. The maximum atomic E-state index is 11.9. The zero-order valence-electron chi connectivity index (χ0n) is 13.8. The average Bonchev–Trinajstić information content (AvgIpc) is 3.06. The van der Waals surface area contributed by atoms with Gasteiger partial charge < -0.3 is 14.6 Å². The van der Waals surface area contributed by atoms with E-state index in [2.05, 4.69) is 50.4 Å². The van der Waals surface area contributed by atoms with Crippen LogP contribution in [0, 0.1) is 0 Å². The van der Waals surface area contributed by atoms with Crippen molar-refractivity contribution >= 4 is 27.5 Å². The standard InChI is InChI=1S/C19H23BrN2O2/c20-18-11-10-17(24-18)19(23)21-12-4-5-15-6-8-16(9-7-15)22-13-2-1-3-14-22/h6-11H,1-5,12-14H2,(H,21,23). The lowest BCUT2D eigenvalue weighted by atomic mass is 10.1. The van der Waals surface area contributed by atoms with Crippen LogP contribution in [0.25, 0.3) is 0 Å². The van der Waals surface area contributed by atoms with Gasteiger partial charge in [0.2, 0.25) is 0 Å². The van der Waals surface area contributed by atoms with Crippen molar-refractivity contribution in [1.82, 2.24) is 5.32 Å². The molecule has 5 heteroatoms. The minimum atomic E-state index is -0.166. The molecule has 1 amide bonds. The van der Waals surface area contributed by atoms with Gasteiger partial charge in [-0.15, -0.1) is 0 Å². The van der Waals surface area contributed by atoms with Crippen molar-refractivity contribution in [2.75, 3.05) is 24.5 Å². The van der Waals surface area contributed by atoms with Crippen molar-refractivity contribution in [1.29, 1.82) is 0 Å². The number of aryl methyl sites for hydroxylation is 1. The van der Waals surface area contributed by atoms with Crippen LogP contribution < -0.4 is 10.2 Å². The van der Waals surface area contributed by atoms with Crippen LogP contribution in [-0.4, -0.2) is 25.5 Å². The fourth-order valence-corrected chi connectivity index (χ4v) is 3.35. The molecule has 24 heavy (non-hydrogen) atoms. The van der Waals surface area contributed by atoms with E-state index in [0.29, 0.717) is 17.0 Å². The second-order valence-electron chi connectivity index (χ2n) is 6.18. The van der Waals surface area contributed by atoms with Crippen LogP contribution in [0.2, 0.25) is 0 Å². The van der Waals surface area contributed by atoms with Crippen molar-refractivity contribution in [3.8, 4) is 0 Å². The summed E-state index contributed by atoms with van der Waals surface area (Å²) in [5, 5.41) is 2.88. The monoisotopic (exact) mass is 390 g/mol. The predicted molar refractivity (Wildman–Crippen MR) is 99.6 cm³/mol. The summed E-state index contributed by atoms with van der Waals surface area (Å²) in [6, 6.07) is 12.2. The molecule has 1 aromatic carbocycles. The van der Waals surface area contributed by atoms with E-state index < -0.39 is 0 Å². The van der Waals surface area contributed by atoms with Crippen LogP contribution in [0.15, 0.2) is 45.5 Å². The van der Waals surface area contributed by atoms with E-state index in [1.807, 2.05) is 0 Å². The van der Waals surface area contributed by atoms with Crippen LogP contribution >= 0.6 is 15.9 Å². The fraction of sp³-hybridized carbons (Fsp3) is 0.421. The molecule has 0 radical (unpaired) electrons. The number of furan rings is 1. The van der Waals surface area contributed by atoms with E-state index in [9.17, 15) is 4.79 Å². The molecule has 0 atom stereocenters. The van der Waals surface area contributed by atoms with Gasteiger partial charge in [-0.05, 0) is 77.9 Å². The summed E-state index contributed by atoms with van der Waals surface area (Å²) in [6.07, 6.45) is 5.83. The van der Waals surface area contributed by atoms with Crippen molar-refractivity contribution in [3.05, 3.63) is 52.4 Å². The molecule has 1 aromatic heterocycles. The summed E-state index contributed by atoms with van der Waals surface area (Å²) < 4.78 is 5.80. The Morgan fingerprint density at radius 3 is 2.50 bits per heavy atom. The molecule has 1 aliphatic rings. The highest BCUT2D eigenvalue weighted by Crippen LogP contribution is 2.20. The minimum Gasteiger partial charge on any atom is -0.444 e. The molecule has 2 heterocycles. The number of piperidine rings is 1. The van der Waals surface area contributed by atoms with Crippen molar-refractivity contribution in [2.24, 2.45) is 0 Å².